The maximum atomic E-state index is 12.8. The maximum Gasteiger partial charge on any atom is 0.306 e. The molecule has 0 aliphatic heterocycles. The number of esters is 3. The SMILES string of the molecule is CC\C=C/C=C\C=C/C=C\C=C\C=C/CCCCCC(=O)OCC(COC(=O)CCCCCCCCC\C=C/C=C\C=C/CC)OC(=O)CCC/C=C\C/C=C\C/C=C\CCCCCCCC. The summed E-state index contributed by atoms with van der Waals surface area (Å²) in [6, 6.07) is 0. The van der Waals surface area contributed by atoms with Crippen molar-refractivity contribution < 1.29 is 28.6 Å². The number of carbonyl (C=O) groups excluding carboxylic acids is 3. The Morgan fingerprint density at radius 1 is 0.328 bits per heavy atom. The molecule has 6 heteroatoms. The average molecular weight is 923 g/mol. The maximum absolute atomic E-state index is 12.8. The molecule has 0 bridgehead atoms. The summed E-state index contributed by atoms with van der Waals surface area (Å²) in [4.78, 5) is 38.0. The van der Waals surface area contributed by atoms with E-state index in [1.165, 1.54) is 64.2 Å². The van der Waals surface area contributed by atoms with Crippen molar-refractivity contribution in [2.75, 3.05) is 13.2 Å². The van der Waals surface area contributed by atoms with Gasteiger partial charge in [0.05, 0.1) is 0 Å². The largest absolute Gasteiger partial charge is 0.462 e. The summed E-state index contributed by atoms with van der Waals surface area (Å²) in [7, 11) is 0. The molecule has 0 amide bonds. The lowest BCUT2D eigenvalue weighted by Gasteiger charge is -2.18. The summed E-state index contributed by atoms with van der Waals surface area (Å²) in [5, 5.41) is 0. The van der Waals surface area contributed by atoms with Crippen LogP contribution in [-0.4, -0.2) is 37.2 Å². The first-order valence-corrected chi connectivity index (χ1v) is 26.5. The Balaban J connectivity index is 4.61. The van der Waals surface area contributed by atoms with Crippen molar-refractivity contribution in [3.63, 3.8) is 0 Å². The summed E-state index contributed by atoms with van der Waals surface area (Å²) in [6.07, 6.45) is 76.9. The summed E-state index contributed by atoms with van der Waals surface area (Å²) in [5.41, 5.74) is 0. The second kappa shape index (κ2) is 53.9. The third kappa shape index (κ3) is 52.1. The van der Waals surface area contributed by atoms with Gasteiger partial charge in [0, 0.05) is 19.3 Å². The fourth-order valence-electron chi connectivity index (χ4n) is 6.61. The number of ether oxygens (including phenoxy) is 3. The van der Waals surface area contributed by atoms with Crippen LogP contribution in [-0.2, 0) is 28.6 Å². The Morgan fingerprint density at radius 2 is 0.657 bits per heavy atom. The first-order chi connectivity index (χ1) is 33.0. The molecule has 0 heterocycles. The molecule has 0 radical (unpaired) electrons. The van der Waals surface area contributed by atoms with E-state index in [0.717, 1.165) is 83.5 Å². The topological polar surface area (TPSA) is 78.9 Å². The van der Waals surface area contributed by atoms with Crippen LogP contribution in [0.5, 0.6) is 0 Å². The monoisotopic (exact) mass is 923 g/mol. The standard InChI is InChI=1S/C61H94O6/c1-4-7-10-13-16-19-22-25-28-30-33-36-39-42-45-48-51-54-60(63)66-57-58(56-65-59(62)53-50-47-44-41-38-35-32-27-24-21-18-15-12-9-6-3)67-61(64)55-52-49-46-43-40-37-34-31-29-26-23-20-17-14-11-8-5-2/h7,9-10,12-13,15-16,18-19,21-22,24-26,28-30,33-34,36-37,39,43,46,58H,4-6,8,11,14,17,20,23,27,31-32,35,38,40-42,44-45,47-57H2,1-3H3/b10-7-,12-9-,16-13-,18-15-,22-19-,24-21-,28-25-,29-26-,33-30+,37-34-,39-36-,46-43-. The molecular weight excluding hydrogens is 829 g/mol. The van der Waals surface area contributed by atoms with Gasteiger partial charge in [-0.25, -0.2) is 0 Å². The summed E-state index contributed by atoms with van der Waals surface area (Å²) >= 11 is 0. The third-order valence-corrected chi connectivity index (χ3v) is 10.5. The number of rotatable bonds is 45. The van der Waals surface area contributed by atoms with E-state index >= 15 is 0 Å². The van der Waals surface area contributed by atoms with Gasteiger partial charge in [-0.1, -0.05) is 237 Å². The molecule has 0 aliphatic carbocycles. The smallest absolute Gasteiger partial charge is 0.306 e. The Labute approximate surface area is 410 Å². The highest BCUT2D eigenvalue weighted by atomic mass is 16.6. The lowest BCUT2D eigenvalue weighted by Crippen LogP contribution is -2.30. The highest BCUT2D eigenvalue weighted by molar-refractivity contribution is 5.71. The minimum absolute atomic E-state index is 0.125. The Hall–Kier alpha value is -4.71. The number of hydrogen-bond donors (Lipinski definition) is 0. The van der Waals surface area contributed by atoms with Crippen LogP contribution in [0.15, 0.2) is 146 Å². The van der Waals surface area contributed by atoms with Gasteiger partial charge >= 0.3 is 17.9 Å². The van der Waals surface area contributed by atoms with E-state index in [0.29, 0.717) is 19.3 Å². The molecular formula is C61H94O6. The van der Waals surface area contributed by atoms with E-state index in [9.17, 15) is 14.4 Å². The van der Waals surface area contributed by atoms with Gasteiger partial charge in [0.15, 0.2) is 6.10 Å². The molecule has 67 heavy (non-hydrogen) atoms. The van der Waals surface area contributed by atoms with Crippen molar-refractivity contribution in [1.29, 1.82) is 0 Å². The van der Waals surface area contributed by atoms with E-state index in [1.807, 2.05) is 60.8 Å². The van der Waals surface area contributed by atoms with Crippen LogP contribution in [0, 0.1) is 0 Å². The van der Waals surface area contributed by atoms with Crippen molar-refractivity contribution in [3.8, 4) is 0 Å². The van der Waals surface area contributed by atoms with E-state index < -0.39 is 6.10 Å². The fourth-order valence-corrected chi connectivity index (χ4v) is 6.61. The van der Waals surface area contributed by atoms with Crippen molar-refractivity contribution in [2.45, 2.75) is 207 Å². The fraction of sp³-hybridized carbons (Fsp3) is 0.557. The van der Waals surface area contributed by atoms with Crippen molar-refractivity contribution in [2.24, 2.45) is 0 Å². The Kier molecular flexibility index (Phi) is 50.1. The minimum Gasteiger partial charge on any atom is -0.462 e. The van der Waals surface area contributed by atoms with Crippen molar-refractivity contribution >= 4 is 17.9 Å². The molecule has 0 saturated heterocycles. The quantitative estimate of drug-likeness (QED) is 0.0199. The van der Waals surface area contributed by atoms with E-state index in [1.54, 1.807) is 0 Å². The van der Waals surface area contributed by atoms with Crippen molar-refractivity contribution in [1.82, 2.24) is 0 Å². The van der Waals surface area contributed by atoms with Crippen molar-refractivity contribution in [3.05, 3.63) is 146 Å². The van der Waals surface area contributed by atoms with Crippen LogP contribution in [0.3, 0.4) is 0 Å². The van der Waals surface area contributed by atoms with Crippen LogP contribution in [0.4, 0.5) is 0 Å². The van der Waals surface area contributed by atoms with Gasteiger partial charge in [0.25, 0.3) is 0 Å². The van der Waals surface area contributed by atoms with Crippen LogP contribution in [0.25, 0.3) is 0 Å². The van der Waals surface area contributed by atoms with Gasteiger partial charge in [-0.15, -0.1) is 0 Å². The third-order valence-electron chi connectivity index (χ3n) is 10.5. The van der Waals surface area contributed by atoms with E-state index in [-0.39, 0.29) is 44.0 Å². The zero-order valence-electron chi connectivity index (χ0n) is 42.6. The minimum atomic E-state index is -0.835. The van der Waals surface area contributed by atoms with Gasteiger partial charge in [0.1, 0.15) is 13.2 Å². The summed E-state index contributed by atoms with van der Waals surface area (Å²) in [5.74, 6) is -1.05. The second-order valence-electron chi connectivity index (χ2n) is 16.9. The number of hydrogen-bond acceptors (Lipinski definition) is 6. The molecule has 0 N–H and O–H groups in total. The number of unbranched alkanes of at least 4 members (excludes halogenated alkanes) is 17. The van der Waals surface area contributed by atoms with Crippen LogP contribution in [0.2, 0.25) is 0 Å². The first kappa shape index (κ1) is 62.3. The van der Waals surface area contributed by atoms with Gasteiger partial charge in [0.2, 0.25) is 0 Å². The first-order valence-electron chi connectivity index (χ1n) is 26.5. The van der Waals surface area contributed by atoms with Crippen LogP contribution in [0.1, 0.15) is 201 Å². The zero-order chi connectivity index (χ0) is 48.6. The molecule has 6 nitrogen and oxygen atoms in total. The lowest BCUT2D eigenvalue weighted by molar-refractivity contribution is -0.167. The molecule has 0 rings (SSSR count). The van der Waals surface area contributed by atoms with Crippen LogP contribution >= 0.6 is 0 Å². The molecule has 1 atom stereocenters. The lowest BCUT2D eigenvalue weighted by atomic mass is 10.1. The summed E-state index contributed by atoms with van der Waals surface area (Å²) < 4.78 is 16.7. The molecule has 0 aromatic heterocycles. The van der Waals surface area contributed by atoms with Gasteiger partial charge < -0.3 is 14.2 Å². The molecule has 0 saturated carbocycles. The van der Waals surface area contributed by atoms with E-state index in [4.69, 9.17) is 14.2 Å². The highest BCUT2D eigenvalue weighted by Crippen LogP contribution is 2.12. The average Bonchev–Trinajstić information content (AvgIpc) is 3.33. The highest BCUT2D eigenvalue weighted by Gasteiger charge is 2.19. The normalized spacial score (nSPS) is 13.3. The number of carbonyl (C=O) groups is 3. The van der Waals surface area contributed by atoms with E-state index in [2.05, 4.69) is 106 Å². The predicted molar refractivity (Wildman–Crippen MR) is 288 cm³/mol. The van der Waals surface area contributed by atoms with Crippen LogP contribution < -0.4 is 0 Å². The van der Waals surface area contributed by atoms with Gasteiger partial charge in [-0.2, -0.15) is 0 Å². The van der Waals surface area contributed by atoms with Gasteiger partial charge in [-0.05, 0) is 89.9 Å². The van der Waals surface area contributed by atoms with Gasteiger partial charge in [-0.3, -0.25) is 14.4 Å². The molecule has 0 spiro atoms. The number of allylic oxidation sites excluding steroid dienone is 24. The molecule has 374 valence electrons. The summed E-state index contributed by atoms with van der Waals surface area (Å²) in [6.45, 7) is 6.24. The predicted octanol–water partition coefficient (Wildman–Crippen LogP) is 17.6. The molecule has 0 aliphatic rings. The Morgan fingerprint density at radius 3 is 1.10 bits per heavy atom. The Bertz CT molecular complexity index is 1530. The zero-order valence-corrected chi connectivity index (χ0v) is 42.6. The molecule has 0 aromatic carbocycles. The molecule has 0 aromatic rings. The molecule has 1 unspecified atom stereocenters. The molecule has 0 fully saturated rings. The second-order valence-corrected chi connectivity index (χ2v) is 16.9.